The highest BCUT2D eigenvalue weighted by Crippen LogP contribution is 2.31. The summed E-state index contributed by atoms with van der Waals surface area (Å²) in [6.07, 6.45) is -0.951. The molecule has 0 saturated carbocycles. The molecule has 0 spiro atoms. The van der Waals surface area contributed by atoms with Crippen molar-refractivity contribution < 1.29 is 28.6 Å². The minimum atomic E-state index is -0.951. The number of amides is 2. The van der Waals surface area contributed by atoms with Crippen molar-refractivity contribution in [3.63, 3.8) is 0 Å². The molecule has 0 unspecified atom stereocenters. The summed E-state index contributed by atoms with van der Waals surface area (Å²) in [6, 6.07) is 14.3. The molecule has 3 rings (SSSR count). The molecule has 1 atom stereocenters. The first kappa shape index (κ1) is 20.2. The summed E-state index contributed by atoms with van der Waals surface area (Å²) in [6.45, 7) is 1.29. The molecule has 8 heteroatoms. The maximum Gasteiger partial charge on any atom is 0.351 e. The molecule has 0 aliphatic carbocycles. The van der Waals surface area contributed by atoms with Gasteiger partial charge in [0.2, 0.25) is 12.0 Å². The summed E-state index contributed by atoms with van der Waals surface area (Å²) >= 11 is 0. The largest absolute Gasteiger partial charge is 0.485 e. The number of benzene rings is 2. The molecule has 1 heterocycles. The van der Waals surface area contributed by atoms with E-state index in [1.807, 2.05) is 19.1 Å². The van der Waals surface area contributed by atoms with E-state index in [4.69, 9.17) is 14.2 Å². The van der Waals surface area contributed by atoms with E-state index in [2.05, 4.69) is 5.32 Å². The van der Waals surface area contributed by atoms with Crippen LogP contribution in [0.3, 0.4) is 0 Å². The third-order valence-electron chi connectivity index (χ3n) is 4.25. The van der Waals surface area contributed by atoms with E-state index in [1.165, 1.54) is 11.9 Å². The Morgan fingerprint density at radius 3 is 2.52 bits per heavy atom. The van der Waals surface area contributed by atoms with Crippen molar-refractivity contribution >= 4 is 23.5 Å². The van der Waals surface area contributed by atoms with Crippen LogP contribution in [0.4, 0.5) is 5.69 Å². The number of para-hydroxylation sites is 2. The van der Waals surface area contributed by atoms with Crippen molar-refractivity contribution in [3.8, 4) is 11.5 Å². The van der Waals surface area contributed by atoms with Crippen molar-refractivity contribution in [2.24, 2.45) is 0 Å². The zero-order valence-corrected chi connectivity index (χ0v) is 16.2. The fourth-order valence-corrected chi connectivity index (χ4v) is 2.61. The van der Waals surface area contributed by atoms with Gasteiger partial charge in [0.15, 0.2) is 18.1 Å². The van der Waals surface area contributed by atoms with Crippen LogP contribution in [0.15, 0.2) is 48.5 Å². The molecule has 0 radical (unpaired) electrons. The number of carbonyl (C=O) groups excluding carboxylic acids is 3. The molecule has 8 nitrogen and oxygen atoms in total. The molecule has 1 aliphatic heterocycles. The monoisotopic (exact) mass is 398 g/mol. The van der Waals surface area contributed by atoms with E-state index < -0.39 is 24.6 Å². The first-order valence-corrected chi connectivity index (χ1v) is 9.08. The van der Waals surface area contributed by atoms with Crippen LogP contribution in [0, 0.1) is 6.92 Å². The Morgan fingerprint density at radius 1 is 1.10 bits per heavy atom. The Labute approximate surface area is 168 Å². The zero-order valence-electron chi connectivity index (χ0n) is 16.2. The number of nitrogens with zero attached hydrogens (tertiary/aromatic N) is 1. The third-order valence-corrected chi connectivity index (χ3v) is 4.25. The second-order valence-electron chi connectivity index (χ2n) is 6.64. The minimum Gasteiger partial charge on any atom is -0.485 e. The standard InChI is InChI=1S/C21H22N2O6/c1-14-7-9-15(10-8-14)22-19(24)11-23(2)20(25)13-28-21(26)18-12-27-16-5-3-4-6-17(16)29-18/h3-10,18H,11-13H2,1-2H3,(H,22,24)/t18-/m1/s1. The van der Waals surface area contributed by atoms with Gasteiger partial charge in [0, 0.05) is 12.7 Å². The maximum atomic E-state index is 12.2. The summed E-state index contributed by atoms with van der Waals surface area (Å²) < 4.78 is 16.0. The van der Waals surface area contributed by atoms with Gasteiger partial charge in [-0.15, -0.1) is 0 Å². The van der Waals surface area contributed by atoms with E-state index in [0.29, 0.717) is 17.2 Å². The van der Waals surface area contributed by atoms with Gasteiger partial charge in [0.25, 0.3) is 5.91 Å². The van der Waals surface area contributed by atoms with Gasteiger partial charge in [-0.25, -0.2) is 4.79 Å². The summed E-state index contributed by atoms with van der Waals surface area (Å²) in [5.41, 5.74) is 1.72. The fourth-order valence-electron chi connectivity index (χ4n) is 2.61. The first-order chi connectivity index (χ1) is 13.9. The Morgan fingerprint density at radius 2 is 1.79 bits per heavy atom. The molecule has 2 aromatic carbocycles. The van der Waals surface area contributed by atoms with Crippen molar-refractivity contribution in [2.75, 3.05) is 32.1 Å². The van der Waals surface area contributed by atoms with Crippen molar-refractivity contribution in [3.05, 3.63) is 54.1 Å². The molecule has 0 bridgehead atoms. The number of ether oxygens (including phenoxy) is 3. The quantitative estimate of drug-likeness (QED) is 0.746. The molecule has 152 valence electrons. The number of nitrogens with one attached hydrogen (secondary N) is 1. The van der Waals surface area contributed by atoms with Gasteiger partial charge in [0.05, 0.1) is 6.54 Å². The molecule has 1 N–H and O–H groups in total. The van der Waals surface area contributed by atoms with Gasteiger partial charge in [-0.3, -0.25) is 9.59 Å². The summed E-state index contributed by atoms with van der Waals surface area (Å²) in [5, 5.41) is 2.70. The summed E-state index contributed by atoms with van der Waals surface area (Å²) in [4.78, 5) is 37.6. The lowest BCUT2D eigenvalue weighted by molar-refractivity contribution is -0.159. The normalized spacial score (nSPS) is 14.6. The molecule has 2 amide bonds. The summed E-state index contributed by atoms with van der Waals surface area (Å²) in [7, 11) is 1.46. The number of esters is 1. The van der Waals surface area contributed by atoms with E-state index in [9.17, 15) is 14.4 Å². The molecule has 0 aromatic heterocycles. The number of carbonyl (C=O) groups is 3. The van der Waals surface area contributed by atoms with E-state index in [-0.39, 0.29) is 19.1 Å². The van der Waals surface area contributed by atoms with E-state index >= 15 is 0 Å². The second-order valence-corrected chi connectivity index (χ2v) is 6.64. The van der Waals surface area contributed by atoms with Crippen LogP contribution in [-0.4, -0.2) is 55.6 Å². The molecular formula is C21H22N2O6. The minimum absolute atomic E-state index is 0.00116. The van der Waals surface area contributed by atoms with Gasteiger partial charge >= 0.3 is 5.97 Å². The Kier molecular flexibility index (Phi) is 6.33. The lowest BCUT2D eigenvalue weighted by atomic mass is 10.2. The van der Waals surface area contributed by atoms with Crippen LogP contribution in [0.1, 0.15) is 5.56 Å². The highest BCUT2D eigenvalue weighted by atomic mass is 16.6. The average molecular weight is 398 g/mol. The van der Waals surface area contributed by atoms with Gasteiger partial charge in [0.1, 0.15) is 6.61 Å². The maximum absolute atomic E-state index is 12.2. The molecule has 1 aliphatic rings. The predicted molar refractivity (Wildman–Crippen MR) is 105 cm³/mol. The molecule has 2 aromatic rings. The molecule has 0 saturated heterocycles. The number of hydrogen-bond acceptors (Lipinski definition) is 6. The van der Waals surface area contributed by atoms with Crippen LogP contribution in [-0.2, 0) is 19.1 Å². The topological polar surface area (TPSA) is 94.2 Å². The van der Waals surface area contributed by atoms with Gasteiger partial charge in [-0.2, -0.15) is 0 Å². The first-order valence-electron chi connectivity index (χ1n) is 9.08. The third kappa shape index (κ3) is 5.47. The second kappa shape index (κ2) is 9.09. The number of aryl methyl sites for hydroxylation is 1. The lowest BCUT2D eigenvalue weighted by Gasteiger charge is -2.25. The van der Waals surface area contributed by atoms with E-state index in [0.717, 1.165) is 5.56 Å². The lowest BCUT2D eigenvalue weighted by Crippen LogP contribution is -2.41. The SMILES string of the molecule is Cc1ccc(NC(=O)CN(C)C(=O)COC(=O)[C@H]2COc3ccccc3O2)cc1. The van der Waals surface area contributed by atoms with E-state index in [1.54, 1.807) is 36.4 Å². The van der Waals surface area contributed by atoms with Gasteiger partial charge in [-0.1, -0.05) is 29.8 Å². The number of hydrogen-bond donors (Lipinski definition) is 1. The van der Waals surface area contributed by atoms with Crippen molar-refractivity contribution in [1.29, 1.82) is 0 Å². The number of anilines is 1. The highest BCUT2D eigenvalue weighted by molar-refractivity contribution is 5.94. The number of rotatable bonds is 6. The van der Waals surface area contributed by atoms with Crippen LogP contribution < -0.4 is 14.8 Å². The number of fused-ring (bicyclic) bond motifs is 1. The highest BCUT2D eigenvalue weighted by Gasteiger charge is 2.29. The van der Waals surface area contributed by atoms with Gasteiger partial charge in [-0.05, 0) is 31.2 Å². The van der Waals surface area contributed by atoms with Crippen LogP contribution in [0.5, 0.6) is 11.5 Å². The number of likely N-dealkylation sites (N-methyl/N-ethyl adjacent to an activating group) is 1. The molecular weight excluding hydrogens is 376 g/mol. The average Bonchev–Trinajstić information content (AvgIpc) is 2.72. The van der Waals surface area contributed by atoms with Crippen molar-refractivity contribution in [1.82, 2.24) is 4.90 Å². The van der Waals surface area contributed by atoms with Crippen LogP contribution >= 0.6 is 0 Å². The van der Waals surface area contributed by atoms with Crippen molar-refractivity contribution in [2.45, 2.75) is 13.0 Å². The fraction of sp³-hybridized carbons (Fsp3) is 0.286. The Balaban J connectivity index is 1.43. The van der Waals surface area contributed by atoms with Crippen LogP contribution in [0.25, 0.3) is 0 Å². The zero-order chi connectivity index (χ0) is 20.8. The Bertz CT molecular complexity index is 896. The predicted octanol–water partition coefficient (Wildman–Crippen LogP) is 1.78. The smallest absolute Gasteiger partial charge is 0.351 e. The Hall–Kier alpha value is -3.55. The van der Waals surface area contributed by atoms with Gasteiger partial charge < -0.3 is 24.4 Å². The molecule has 0 fully saturated rings. The van der Waals surface area contributed by atoms with Crippen LogP contribution in [0.2, 0.25) is 0 Å². The molecule has 29 heavy (non-hydrogen) atoms. The summed E-state index contributed by atoms with van der Waals surface area (Å²) in [5.74, 6) is -0.569.